The maximum absolute atomic E-state index is 13.2. The molecule has 0 N–H and O–H groups in total. The summed E-state index contributed by atoms with van der Waals surface area (Å²) < 4.78 is 25.5. The lowest BCUT2D eigenvalue weighted by atomic mass is 10.00. The first-order valence-electron chi connectivity index (χ1n) is 7.82. The molecule has 1 aliphatic rings. The summed E-state index contributed by atoms with van der Waals surface area (Å²) in [6.45, 7) is 0. The van der Waals surface area contributed by atoms with Crippen molar-refractivity contribution in [3.63, 3.8) is 0 Å². The summed E-state index contributed by atoms with van der Waals surface area (Å²) in [5.41, 5.74) is 0. The molecule has 1 fully saturated rings. The van der Waals surface area contributed by atoms with E-state index in [1.54, 1.807) is 12.1 Å². The molecule has 2 nitrogen and oxygen atoms in total. The van der Waals surface area contributed by atoms with Gasteiger partial charge in [-0.1, -0.05) is 61.4 Å². The molecule has 0 aliphatic heterocycles. The van der Waals surface area contributed by atoms with Gasteiger partial charge in [-0.15, -0.1) is 0 Å². The highest BCUT2D eigenvalue weighted by atomic mass is 32.2. The summed E-state index contributed by atoms with van der Waals surface area (Å²) >= 11 is 6.11. The summed E-state index contributed by atoms with van der Waals surface area (Å²) in [4.78, 5) is 2.22. The lowest BCUT2D eigenvalue weighted by molar-refractivity contribution is 0.461. The minimum absolute atomic E-state index is 0.408. The van der Waals surface area contributed by atoms with Crippen LogP contribution in [0.3, 0.4) is 0 Å². The summed E-state index contributed by atoms with van der Waals surface area (Å²) in [5.74, 6) is 0. The molecule has 1 saturated carbocycles. The molecule has 0 aromatic heterocycles. The van der Waals surface area contributed by atoms with Crippen LogP contribution in [0.1, 0.15) is 32.1 Å². The monoisotopic (exact) mass is 364 g/mol. The fraction of sp³-hybridized carbons (Fsp3) is 0.333. The van der Waals surface area contributed by atoms with Gasteiger partial charge < -0.3 is 0 Å². The van der Waals surface area contributed by atoms with E-state index >= 15 is 0 Å². The Morgan fingerprint density at radius 1 is 0.870 bits per heavy atom. The molecule has 5 heteroatoms. The second kappa shape index (κ2) is 6.91. The van der Waals surface area contributed by atoms with E-state index in [4.69, 9.17) is 0 Å². The maximum atomic E-state index is 13.2. The molecule has 0 atom stereocenters. The number of hydrogen-bond acceptors (Lipinski definition) is 4. The number of benzene rings is 2. The van der Waals surface area contributed by atoms with Gasteiger partial charge in [0.2, 0.25) is 0 Å². The van der Waals surface area contributed by atoms with Gasteiger partial charge in [0.25, 0.3) is 0 Å². The number of rotatable bonds is 4. The Hall–Kier alpha value is -0.910. The van der Waals surface area contributed by atoms with Crippen LogP contribution in [0.4, 0.5) is 0 Å². The summed E-state index contributed by atoms with van der Waals surface area (Å²) in [6, 6.07) is 17.1. The van der Waals surface area contributed by atoms with E-state index in [0.717, 1.165) is 29.1 Å². The minimum Gasteiger partial charge on any atom is -0.222 e. The van der Waals surface area contributed by atoms with Crippen molar-refractivity contribution in [3.05, 3.63) is 54.6 Å². The van der Waals surface area contributed by atoms with Crippen LogP contribution in [-0.2, 0) is 9.84 Å². The molecule has 23 heavy (non-hydrogen) atoms. The Morgan fingerprint density at radius 3 is 2.17 bits per heavy atom. The van der Waals surface area contributed by atoms with Crippen LogP contribution in [0, 0.1) is 0 Å². The SMILES string of the molecule is O=S(=O)(c1ccccc1Sc1ccccc1)C1(S)CCCCC1. The van der Waals surface area contributed by atoms with Crippen molar-refractivity contribution in [2.24, 2.45) is 0 Å². The van der Waals surface area contributed by atoms with Crippen molar-refractivity contribution in [1.82, 2.24) is 0 Å². The predicted octanol–water partition coefficient (Wildman–Crippen LogP) is 5.20. The zero-order chi connectivity index (χ0) is 16.3. The van der Waals surface area contributed by atoms with Gasteiger partial charge in [0.1, 0.15) is 4.08 Å². The Bertz CT molecular complexity index is 764. The number of sulfone groups is 1. The van der Waals surface area contributed by atoms with Crippen LogP contribution >= 0.6 is 24.4 Å². The Morgan fingerprint density at radius 2 is 1.48 bits per heavy atom. The van der Waals surface area contributed by atoms with Gasteiger partial charge >= 0.3 is 0 Å². The van der Waals surface area contributed by atoms with Gasteiger partial charge in [-0.05, 0) is 37.1 Å². The molecule has 2 aromatic carbocycles. The zero-order valence-electron chi connectivity index (χ0n) is 12.8. The molecule has 0 saturated heterocycles. The molecule has 3 rings (SSSR count). The average Bonchev–Trinajstić information content (AvgIpc) is 2.57. The molecule has 0 radical (unpaired) electrons. The number of hydrogen-bond donors (Lipinski definition) is 1. The Balaban J connectivity index is 1.99. The summed E-state index contributed by atoms with van der Waals surface area (Å²) in [5, 5.41) is 0. The molecule has 0 unspecified atom stereocenters. The van der Waals surface area contributed by atoms with Crippen molar-refractivity contribution in [2.75, 3.05) is 0 Å². The van der Waals surface area contributed by atoms with Gasteiger partial charge in [0, 0.05) is 9.79 Å². The first-order chi connectivity index (χ1) is 11.0. The van der Waals surface area contributed by atoms with Crippen LogP contribution < -0.4 is 0 Å². The topological polar surface area (TPSA) is 34.1 Å². The van der Waals surface area contributed by atoms with Crippen molar-refractivity contribution < 1.29 is 8.42 Å². The normalized spacial score (nSPS) is 17.8. The van der Waals surface area contributed by atoms with Crippen LogP contribution in [0.25, 0.3) is 0 Å². The molecule has 0 bridgehead atoms. The van der Waals surface area contributed by atoms with Crippen LogP contribution in [0.15, 0.2) is 69.3 Å². The highest BCUT2D eigenvalue weighted by Crippen LogP contribution is 2.44. The van der Waals surface area contributed by atoms with Gasteiger partial charge in [0.05, 0.1) is 4.90 Å². The van der Waals surface area contributed by atoms with Crippen LogP contribution in [0.5, 0.6) is 0 Å². The molecular weight excluding hydrogens is 344 g/mol. The van der Waals surface area contributed by atoms with E-state index in [0.29, 0.717) is 17.7 Å². The van der Waals surface area contributed by atoms with E-state index in [1.165, 1.54) is 11.8 Å². The maximum Gasteiger partial charge on any atom is 0.194 e. The molecule has 0 spiro atoms. The largest absolute Gasteiger partial charge is 0.222 e. The summed E-state index contributed by atoms with van der Waals surface area (Å²) in [6.07, 6.45) is 4.21. The Kier molecular flexibility index (Phi) is 5.09. The molecule has 2 aromatic rings. The standard InChI is InChI=1S/C18H20O2S3/c19-23(20,18(21)13-7-2-8-14-18)17-12-6-5-11-16(17)22-15-9-3-1-4-10-15/h1,3-6,9-12,21H,2,7-8,13-14H2. The van der Waals surface area contributed by atoms with Crippen LogP contribution in [0.2, 0.25) is 0 Å². The van der Waals surface area contributed by atoms with Crippen molar-refractivity contribution in [2.45, 2.75) is 50.9 Å². The van der Waals surface area contributed by atoms with Gasteiger partial charge in [0.15, 0.2) is 9.84 Å². The van der Waals surface area contributed by atoms with Gasteiger partial charge in [-0.3, -0.25) is 0 Å². The van der Waals surface area contributed by atoms with Crippen LogP contribution in [-0.4, -0.2) is 12.5 Å². The van der Waals surface area contributed by atoms with E-state index in [2.05, 4.69) is 12.6 Å². The molecule has 0 heterocycles. The predicted molar refractivity (Wildman–Crippen MR) is 99.0 cm³/mol. The fourth-order valence-electron chi connectivity index (χ4n) is 2.95. The van der Waals surface area contributed by atoms with E-state index < -0.39 is 13.9 Å². The quantitative estimate of drug-likeness (QED) is 0.757. The number of thiol groups is 1. The second-order valence-corrected chi connectivity index (χ2v) is 10.4. The van der Waals surface area contributed by atoms with E-state index in [-0.39, 0.29) is 0 Å². The average molecular weight is 365 g/mol. The van der Waals surface area contributed by atoms with Crippen molar-refractivity contribution in [3.8, 4) is 0 Å². The van der Waals surface area contributed by atoms with Gasteiger partial charge in [-0.25, -0.2) is 8.42 Å². The molecule has 1 aliphatic carbocycles. The third-order valence-electron chi connectivity index (χ3n) is 4.24. The lowest BCUT2D eigenvalue weighted by Crippen LogP contribution is -2.35. The third kappa shape index (κ3) is 3.47. The fourth-order valence-corrected chi connectivity index (χ4v) is 6.70. The Labute approximate surface area is 148 Å². The molecule has 0 amide bonds. The second-order valence-electron chi connectivity index (χ2n) is 5.87. The van der Waals surface area contributed by atoms with E-state index in [9.17, 15) is 8.42 Å². The van der Waals surface area contributed by atoms with Crippen molar-refractivity contribution >= 4 is 34.2 Å². The molecule has 122 valence electrons. The highest BCUT2D eigenvalue weighted by Gasteiger charge is 2.43. The van der Waals surface area contributed by atoms with Crippen molar-refractivity contribution in [1.29, 1.82) is 0 Å². The minimum atomic E-state index is -3.47. The summed E-state index contributed by atoms with van der Waals surface area (Å²) in [7, 11) is -3.47. The smallest absolute Gasteiger partial charge is 0.194 e. The highest BCUT2D eigenvalue weighted by molar-refractivity contribution is 8.07. The van der Waals surface area contributed by atoms with E-state index in [1.807, 2.05) is 42.5 Å². The molecular formula is C18H20O2S3. The zero-order valence-corrected chi connectivity index (χ0v) is 15.3. The third-order valence-corrected chi connectivity index (χ3v) is 8.97. The first-order valence-corrected chi connectivity index (χ1v) is 10.6. The van der Waals surface area contributed by atoms with Gasteiger partial charge in [-0.2, -0.15) is 12.6 Å². The first kappa shape index (κ1) is 16.9. The lowest BCUT2D eigenvalue weighted by Gasteiger charge is -2.32.